The molecule has 0 saturated carbocycles. The Morgan fingerprint density at radius 1 is 1.07 bits per heavy atom. The number of hydrogen-bond acceptors (Lipinski definition) is 4. The van der Waals surface area contributed by atoms with Crippen molar-refractivity contribution in [1.82, 2.24) is 14.7 Å². The van der Waals surface area contributed by atoms with Gasteiger partial charge >= 0.3 is 0 Å². The fourth-order valence-electron chi connectivity index (χ4n) is 4.96. The van der Waals surface area contributed by atoms with Gasteiger partial charge in [0, 0.05) is 49.9 Å². The molecule has 156 valence electrons. The number of nitrogens with zero attached hydrogens (tertiary/aromatic N) is 3. The van der Waals surface area contributed by atoms with Crippen molar-refractivity contribution < 1.29 is 9.90 Å². The van der Waals surface area contributed by atoms with Crippen LogP contribution in [0.4, 0.5) is 0 Å². The van der Waals surface area contributed by atoms with Crippen LogP contribution in [0.3, 0.4) is 0 Å². The van der Waals surface area contributed by atoms with Crippen LogP contribution in [0.5, 0.6) is 0 Å². The van der Waals surface area contributed by atoms with Crippen molar-refractivity contribution in [3.63, 3.8) is 0 Å². The number of amides is 1. The van der Waals surface area contributed by atoms with E-state index in [1.165, 1.54) is 12.8 Å². The van der Waals surface area contributed by atoms with E-state index in [0.717, 1.165) is 55.8 Å². The van der Waals surface area contributed by atoms with E-state index in [4.69, 9.17) is 0 Å². The van der Waals surface area contributed by atoms with Gasteiger partial charge in [-0.15, -0.1) is 0 Å². The van der Waals surface area contributed by atoms with E-state index in [-0.39, 0.29) is 18.6 Å². The van der Waals surface area contributed by atoms with Gasteiger partial charge in [-0.25, -0.2) is 0 Å². The van der Waals surface area contributed by atoms with Gasteiger partial charge in [-0.1, -0.05) is 17.2 Å². The first kappa shape index (κ1) is 21.3. The zero-order chi connectivity index (χ0) is 20.3. The van der Waals surface area contributed by atoms with Crippen LogP contribution >= 0.6 is 0 Å². The normalized spacial score (nSPS) is 22.8. The SMILES string of the molecule is Cc1cc(C)cc(C(=O)N2CCN(C3CCN(C(C)C)CC3)C(CCO)C2)c1. The fourth-order valence-corrected chi connectivity index (χ4v) is 4.96. The summed E-state index contributed by atoms with van der Waals surface area (Å²) < 4.78 is 0. The maximum atomic E-state index is 13.1. The summed E-state index contributed by atoms with van der Waals surface area (Å²) in [4.78, 5) is 20.2. The van der Waals surface area contributed by atoms with Crippen molar-refractivity contribution in [3.8, 4) is 0 Å². The summed E-state index contributed by atoms with van der Waals surface area (Å²) in [6, 6.07) is 7.53. The topological polar surface area (TPSA) is 47.0 Å². The van der Waals surface area contributed by atoms with Crippen LogP contribution in [0.25, 0.3) is 0 Å². The second-order valence-electron chi connectivity index (χ2n) is 8.89. The average Bonchev–Trinajstić information content (AvgIpc) is 2.67. The minimum absolute atomic E-state index is 0.129. The number of piperazine rings is 1. The molecule has 0 spiro atoms. The smallest absolute Gasteiger partial charge is 0.253 e. The number of carbonyl (C=O) groups excluding carboxylic acids is 1. The number of carbonyl (C=O) groups is 1. The molecule has 1 atom stereocenters. The Morgan fingerprint density at radius 2 is 1.71 bits per heavy atom. The van der Waals surface area contributed by atoms with E-state index in [2.05, 4.69) is 29.7 Å². The summed E-state index contributed by atoms with van der Waals surface area (Å²) >= 11 is 0. The molecule has 2 fully saturated rings. The molecule has 2 aliphatic heterocycles. The summed E-state index contributed by atoms with van der Waals surface area (Å²) in [6.07, 6.45) is 3.11. The maximum absolute atomic E-state index is 13.1. The van der Waals surface area contributed by atoms with Crippen molar-refractivity contribution in [1.29, 1.82) is 0 Å². The Kier molecular flexibility index (Phi) is 7.13. The van der Waals surface area contributed by atoms with Crippen LogP contribution in [0.15, 0.2) is 18.2 Å². The highest BCUT2D eigenvalue weighted by molar-refractivity contribution is 5.94. The van der Waals surface area contributed by atoms with Gasteiger partial charge in [0.05, 0.1) is 0 Å². The van der Waals surface area contributed by atoms with Crippen LogP contribution in [-0.4, -0.2) is 83.2 Å². The van der Waals surface area contributed by atoms with Gasteiger partial charge in [0.25, 0.3) is 5.91 Å². The molecule has 1 N–H and O–H groups in total. The Bertz CT molecular complexity index is 648. The van der Waals surface area contributed by atoms with E-state index in [1.54, 1.807) is 0 Å². The first-order valence-electron chi connectivity index (χ1n) is 10.9. The van der Waals surface area contributed by atoms with Crippen molar-refractivity contribution in [3.05, 3.63) is 34.9 Å². The molecule has 2 heterocycles. The van der Waals surface area contributed by atoms with Crippen LogP contribution < -0.4 is 0 Å². The number of aliphatic hydroxyl groups is 1. The van der Waals surface area contributed by atoms with Crippen LogP contribution in [0.1, 0.15) is 54.6 Å². The largest absolute Gasteiger partial charge is 0.396 e. The number of aryl methyl sites for hydroxylation is 2. The van der Waals surface area contributed by atoms with Gasteiger partial charge in [-0.05, 0) is 72.2 Å². The van der Waals surface area contributed by atoms with Crippen LogP contribution in [0.2, 0.25) is 0 Å². The minimum Gasteiger partial charge on any atom is -0.396 e. The van der Waals surface area contributed by atoms with E-state index in [0.29, 0.717) is 12.1 Å². The second-order valence-corrected chi connectivity index (χ2v) is 8.89. The summed E-state index contributed by atoms with van der Waals surface area (Å²) in [5, 5.41) is 9.63. The molecule has 1 amide bonds. The molecular formula is C23H37N3O2. The molecule has 1 aromatic rings. The Hall–Kier alpha value is -1.43. The van der Waals surface area contributed by atoms with Crippen molar-refractivity contribution >= 4 is 5.91 Å². The molecular weight excluding hydrogens is 350 g/mol. The lowest BCUT2D eigenvalue weighted by Crippen LogP contribution is -2.59. The third kappa shape index (κ3) is 4.94. The molecule has 1 unspecified atom stereocenters. The number of aliphatic hydroxyl groups excluding tert-OH is 1. The molecule has 2 aliphatic rings. The van der Waals surface area contributed by atoms with Gasteiger partial charge in [-0.2, -0.15) is 0 Å². The summed E-state index contributed by atoms with van der Waals surface area (Å²) in [6.45, 7) is 13.5. The molecule has 1 aromatic carbocycles. The fraction of sp³-hybridized carbons (Fsp3) is 0.696. The highest BCUT2D eigenvalue weighted by Gasteiger charge is 2.35. The number of hydrogen-bond donors (Lipinski definition) is 1. The summed E-state index contributed by atoms with van der Waals surface area (Å²) in [7, 11) is 0. The predicted molar refractivity (Wildman–Crippen MR) is 114 cm³/mol. The van der Waals surface area contributed by atoms with Crippen molar-refractivity contribution in [2.75, 3.05) is 39.3 Å². The Labute approximate surface area is 170 Å². The average molecular weight is 388 g/mol. The van der Waals surface area contributed by atoms with E-state index in [9.17, 15) is 9.90 Å². The zero-order valence-corrected chi connectivity index (χ0v) is 18.0. The molecule has 0 aliphatic carbocycles. The summed E-state index contributed by atoms with van der Waals surface area (Å²) in [5.74, 6) is 0.129. The lowest BCUT2D eigenvalue weighted by molar-refractivity contribution is 0.00414. The quantitative estimate of drug-likeness (QED) is 0.844. The van der Waals surface area contributed by atoms with Crippen LogP contribution in [-0.2, 0) is 0 Å². The van der Waals surface area contributed by atoms with Gasteiger partial charge in [0.1, 0.15) is 0 Å². The Morgan fingerprint density at radius 3 is 2.29 bits per heavy atom. The number of piperidine rings is 1. The third-order valence-corrected chi connectivity index (χ3v) is 6.44. The maximum Gasteiger partial charge on any atom is 0.253 e. The lowest BCUT2D eigenvalue weighted by atomic mass is 9.97. The van der Waals surface area contributed by atoms with Gasteiger partial charge in [-0.3, -0.25) is 9.69 Å². The second kappa shape index (κ2) is 9.38. The van der Waals surface area contributed by atoms with E-state index in [1.807, 2.05) is 30.9 Å². The van der Waals surface area contributed by atoms with Gasteiger partial charge in [0.2, 0.25) is 0 Å². The highest BCUT2D eigenvalue weighted by Crippen LogP contribution is 2.25. The van der Waals surface area contributed by atoms with E-state index < -0.39 is 0 Å². The zero-order valence-electron chi connectivity index (χ0n) is 18.0. The molecule has 2 saturated heterocycles. The number of benzene rings is 1. The third-order valence-electron chi connectivity index (χ3n) is 6.44. The molecule has 0 radical (unpaired) electrons. The molecule has 5 nitrogen and oxygen atoms in total. The van der Waals surface area contributed by atoms with Gasteiger partial charge in [0.15, 0.2) is 0 Å². The van der Waals surface area contributed by atoms with Crippen molar-refractivity contribution in [2.45, 2.75) is 65.1 Å². The Balaban J connectivity index is 1.66. The monoisotopic (exact) mass is 387 g/mol. The summed E-state index contributed by atoms with van der Waals surface area (Å²) in [5.41, 5.74) is 3.05. The predicted octanol–water partition coefficient (Wildman–Crippen LogP) is 2.69. The first-order valence-corrected chi connectivity index (χ1v) is 10.9. The molecule has 28 heavy (non-hydrogen) atoms. The first-order chi connectivity index (χ1) is 13.4. The minimum atomic E-state index is 0.129. The number of rotatable bonds is 5. The van der Waals surface area contributed by atoms with Crippen molar-refractivity contribution in [2.24, 2.45) is 0 Å². The molecule has 3 rings (SSSR count). The van der Waals surface area contributed by atoms with E-state index >= 15 is 0 Å². The molecule has 5 heteroatoms. The molecule has 0 bridgehead atoms. The standard InChI is InChI=1S/C23H37N3O2/c1-17(2)24-8-5-21(6-9-24)26-11-10-25(16-22(26)7-12-27)23(28)20-14-18(3)13-19(4)15-20/h13-15,17,21-22,27H,5-12,16H2,1-4H3. The highest BCUT2D eigenvalue weighted by atomic mass is 16.3. The number of likely N-dealkylation sites (tertiary alicyclic amines) is 1. The molecule has 0 aromatic heterocycles. The van der Waals surface area contributed by atoms with Crippen LogP contribution in [0, 0.1) is 13.8 Å². The van der Waals surface area contributed by atoms with Gasteiger partial charge < -0.3 is 14.9 Å². The lowest BCUT2D eigenvalue weighted by Gasteiger charge is -2.48.